The second-order valence-corrected chi connectivity index (χ2v) is 2.28. The first-order valence-corrected chi connectivity index (χ1v) is 4.08. The molecule has 0 aliphatic rings. The number of benzene rings is 1. The van der Waals surface area contributed by atoms with Crippen LogP contribution in [-0.4, -0.2) is 12.6 Å². The predicted octanol–water partition coefficient (Wildman–Crippen LogP) is 2.27. The lowest BCUT2D eigenvalue weighted by Gasteiger charge is -1.86. The summed E-state index contributed by atoms with van der Waals surface area (Å²) in [5.74, 6) is 0. The van der Waals surface area contributed by atoms with E-state index in [0.717, 1.165) is 11.8 Å². The van der Waals surface area contributed by atoms with Gasteiger partial charge in [0.05, 0.1) is 0 Å². The maximum atomic E-state index is 9.89. The molecule has 0 N–H and O–H groups in total. The number of allylic oxidation sites excluding steroid dienone is 2. The van der Waals surface area contributed by atoms with Crippen LogP contribution < -0.4 is 0 Å². The highest BCUT2D eigenvalue weighted by Crippen LogP contribution is 1.99. The average molecular weight is 188 g/mol. The molecule has 0 bridgehead atoms. The molecular formula is C12H12O2. The maximum absolute atomic E-state index is 9.89. The fourth-order valence-electron chi connectivity index (χ4n) is 0.715. The smallest absolute Gasteiger partial charge is 0.142 e. The first-order chi connectivity index (χ1) is 6.85. The van der Waals surface area contributed by atoms with Gasteiger partial charge in [-0.05, 0) is 17.7 Å². The van der Waals surface area contributed by atoms with Gasteiger partial charge in [0.15, 0.2) is 0 Å². The molecule has 0 aliphatic carbocycles. The first kappa shape index (κ1) is 12.0. The van der Waals surface area contributed by atoms with Crippen molar-refractivity contribution in [1.29, 1.82) is 0 Å². The third-order valence-electron chi connectivity index (χ3n) is 1.26. The van der Waals surface area contributed by atoms with Gasteiger partial charge in [0.2, 0.25) is 0 Å². The van der Waals surface area contributed by atoms with E-state index in [2.05, 4.69) is 6.58 Å². The molecule has 0 radical (unpaired) electrons. The van der Waals surface area contributed by atoms with Crippen LogP contribution in [-0.2, 0) is 9.59 Å². The van der Waals surface area contributed by atoms with Crippen molar-refractivity contribution in [3.63, 3.8) is 0 Å². The van der Waals surface area contributed by atoms with Crippen molar-refractivity contribution in [2.45, 2.75) is 0 Å². The molecule has 14 heavy (non-hydrogen) atoms. The van der Waals surface area contributed by atoms with Crippen molar-refractivity contribution >= 4 is 18.6 Å². The Kier molecular flexibility index (Phi) is 7.85. The number of carbonyl (C=O) groups is 2. The van der Waals surface area contributed by atoms with Crippen molar-refractivity contribution in [3.05, 3.63) is 54.6 Å². The zero-order valence-corrected chi connectivity index (χ0v) is 7.80. The Morgan fingerprint density at radius 2 is 1.57 bits per heavy atom. The van der Waals surface area contributed by atoms with E-state index in [1.54, 1.807) is 6.08 Å². The molecule has 0 heterocycles. The Balaban J connectivity index is 0.000000364. The van der Waals surface area contributed by atoms with E-state index >= 15 is 0 Å². The summed E-state index contributed by atoms with van der Waals surface area (Å²) in [7, 11) is 0. The van der Waals surface area contributed by atoms with Gasteiger partial charge < -0.3 is 0 Å². The summed E-state index contributed by atoms with van der Waals surface area (Å²) in [5, 5.41) is 0. The number of hydrogen-bond acceptors (Lipinski definition) is 2. The molecule has 0 fully saturated rings. The van der Waals surface area contributed by atoms with Crippen LogP contribution in [0.5, 0.6) is 0 Å². The molecule has 0 saturated heterocycles. The fraction of sp³-hybridized carbons (Fsp3) is 0. The zero-order chi connectivity index (χ0) is 10.6. The number of aldehydes is 2. The van der Waals surface area contributed by atoms with Crippen LogP contribution in [0.25, 0.3) is 6.08 Å². The summed E-state index contributed by atoms with van der Waals surface area (Å²) in [6.07, 6.45) is 5.86. The van der Waals surface area contributed by atoms with Gasteiger partial charge in [0.25, 0.3) is 0 Å². The number of carbonyl (C=O) groups excluding carboxylic acids is 2. The van der Waals surface area contributed by atoms with Crippen molar-refractivity contribution in [2.24, 2.45) is 0 Å². The molecule has 0 aliphatic heterocycles. The first-order valence-electron chi connectivity index (χ1n) is 4.08. The Morgan fingerprint density at radius 3 is 2.00 bits per heavy atom. The van der Waals surface area contributed by atoms with Gasteiger partial charge in [-0.1, -0.05) is 43.0 Å². The van der Waals surface area contributed by atoms with Gasteiger partial charge in [0, 0.05) is 0 Å². The molecule has 72 valence electrons. The molecule has 2 heteroatoms. The molecule has 0 atom stereocenters. The van der Waals surface area contributed by atoms with E-state index in [0.29, 0.717) is 6.29 Å². The zero-order valence-electron chi connectivity index (χ0n) is 7.80. The Hall–Kier alpha value is -1.96. The molecule has 1 aromatic rings. The Morgan fingerprint density at radius 1 is 1.00 bits per heavy atom. The molecule has 0 unspecified atom stereocenters. The van der Waals surface area contributed by atoms with Crippen molar-refractivity contribution in [3.8, 4) is 0 Å². The van der Waals surface area contributed by atoms with Gasteiger partial charge in [-0.15, -0.1) is 0 Å². The van der Waals surface area contributed by atoms with E-state index in [-0.39, 0.29) is 0 Å². The Labute approximate surface area is 83.6 Å². The van der Waals surface area contributed by atoms with E-state index in [1.165, 1.54) is 12.2 Å². The lowest BCUT2D eigenvalue weighted by atomic mass is 10.2. The molecule has 0 aromatic heterocycles. The highest BCUT2D eigenvalue weighted by Gasteiger charge is 1.79. The third-order valence-corrected chi connectivity index (χ3v) is 1.26. The predicted molar refractivity (Wildman–Crippen MR) is 57.8 cm³/mol. The summed E-state index contributed by atoms with van der Waals surface area (Å²) in [5.41, 5.74) is 1.05. The van der Waals surface area contributed by atoms with Crippen LogP contribution in [0, 0.1) is 0 Å². The molecule has 0 saturated carbocycles. The van der Waals surface area contributed by atoms with Gasteiger partial charge in [-0.2, -0.15) is 0 Å². The van der Waals surface area contributed by atoms with Gasteiger partial charge >= 0.3 is 0 Å². The lowest BCUT2D eigenvalue weighted by molar-refractivity contribution is -0.104. The van der Waals surface area contributed by atoms with Crippen molar-refractivity contribution in [1.82, 2.24) is 0 Å². The molecule has 1 rings (SSSR count). The Bertz CT molecular complexity index is 293. The molecule has 0 amide bonds. The van der Waals surface area contributed by atoms with Crippen LogP contribution in [0.15, 0.2) is 49.1 Å². The molecule has 0 spiro atoms. The van der Waals surface area contributed by atoms with Gasteiger partial charge in [-0.25, -0.2) is 0 Å². The van der Waals surface area contributed by atoms with Gasteiger partial charge in [0.1, 0.15) is 12.6 Å². The van der Waals surface area contributed by atoms with Crippen molar-refractivity contribution < 1.29 is 9.59 Å². The summed E-state index contributed by atoms with van der Waals surface area (Å²) in [4.78, 5) is 18.9. The SMILES string of the molecule is C=CC=O.O=C/C=C/c1ccccc1. The van der Waals surface area contributed by atoms with Crippen LogP contribution in [0.2, 0.25) is 0 Å². The van der Waals surface area contributed by atoms with E-state index in [1.807, 2.05) is 30.3 Å². The third kappa shape index (κ3) is 6.73. The topological polar surface area (TPSA) is 34.1 Å². The van der Waals surface area contributed by atoms with E-state index < -0.39 is 0 Å². The highest BCUT2D eigenvalue weighted by atomic mass is 16.1. The minimum absolute atomic E-state index is 0.639. The highest BCUT2D eigenvalue weighted by molar-refractivity contribution is 5.73. The van der Waals surface area contributed by atoms with Crippen LogP contribution in [0.3, 0.4) is 0 Å². The van der Waals surface area contributed by atoms with Crippen LogP contribution >= 0.6 is 0 Å². The summed E-state index contributed by atoms with van der Waals surface area (Å²) < 4.78 is 0. The lowest BCUT2D eigenvalue weighted by Crippen LogP contribution is -1.67. The minimum Gasteiger partial charge on any atom is -0.299 e. The second kappa shape index (κ2) is 9.13. The van der Waals surface area contributed by atoms with Crippen LogP contribution in [0.1, 0.15) is 5.56 Å². The average Bonchev–Trinajstić information content (AvgIpc) is 2.28. The summed E-state index contributed by atoms with van der Waals surface area (Å²) in [6, 6.07) is 9.70. The maximum Gasteiger partial charge on any atom is 0.142 e. The molecular weight excluding hydrogens is 176 g/mol. The minimum atomic E-state index is 0.639. The molecule has 2 nitrogen and oxygen atoms in total. The monoisotopic (exact) mass is 188 g/mol. The van der Waals surface area contributed by atoms with E-state index in [4.69, 9.17) is 4.79 Å². The number of rotatable bonds is 3. The fourth-order valence-corrected chi connectivity index (χ4v) is 0.715. The molecule has 1 aromatic carbocycles. The van der Waals surface area contributed by atoms with Gasteiger partial charge in [-0.3, -0.25) is 9.59 Å². The second-order valence-electron chi connectivity index (χ2n) is 2.28. The summed E-state index contributed by atoms with van der Waals surface area (Å²) in [6.45, 7) is 3.11. The quantitative estimate of drug-likeness (QED) is 0.538. The van der Waals surface area contributed by atoms with Crippen molar-refractivity contribution in [2.75, 3.05) is 0 Å². The van der Waals surface area contributed by atoms with E-state index in [9.17, 15) is 4.79 Å². The standard InChI is InChI=1S/C9H8O.C3H4O/c10-8-4-7-9-5-2-1-3-6-9;1-2-3-4/h1-8H;2-3H,1H2/b7-4+;. The van der Waals surface area contributed by atoms with Crippen LogP contribution in [0.4, 0.5) is 0 Å². The largest absolute Gasteiger partial charge is 0.299 e. The normalized spacial score (nSPS) is 8.57. The summed E-state index contributed by atoms with van der Waals surface area (Å²) >= 11 is 0. The number of hydrogen-bond donors (Lipinski definition) is 0.